The van der Waals surface area contributed by atoms with Crippen LogP contribution in [-0.2, 0) is 0 Å². The van der Waals surface area contributed by atoms with Crippen LogP contribution in [-0.4, -0.2) is 22.6 Å². The van der Waals surface area contributed by atoms with E-state index < -0.39 is 0 Å². The smallest absolute Gasteiger partial charge is 0.148 e. The van der Waals surface area contributed by atoms with E-state index in [-0.39, 0.29) is 0 Å². The van der Waals surface area contributed by atoms with Crippen molar-refractivity contribution >= 4 is 27.6 Å². The summed E-state index contributed by atoms with van der Waals surface area (Å²) >= 11 is 3.46. The molecule has 0 saturated heterocycles. The number of nitrogen functional groups attached to an aromatic ring is 1. The molecule has 0 aliphatic heterocycles. The lowest BCUT2D eigenvalue weighted by Gasteiger charge is -2.23. The second kappa shape index (κ2) is 4.35. The number of hydrogen-bond donors (Lipinski definition) is 1. The fourth-order valence-electron chi connectivity index (χ4n) is 1.66. The standard InChI is InChI=1S/C10H15BrN4/c1-2-5-15(7-3-4-7)10-8(11)9(12)13-6-14-10/h6-7H,2-5H2,1H3,(H2,12,13,14). The van der Waals surface area contributed by atoms with E-state index in [4.69, 9.17) is 5.73 Å². The van der Waals surface area contributed by atoms with E-state index in [2.05, 4.69) is 37.7 Å². The molecule has 0 spiro atoms. The van der Waals surface area contributed by atoms with Crippen LogP contribution in [0.5, 0.6) is 0 Å². The summed E-state index contributed by atoms with van der Waals surface area (Å²) in [6.07, 6.45) is 5.17. The second-order valence-corrected chi connectivity index (χ2v) is 4.61. The zero-order chi connectivity index (χ0) is 10.8. The van der Waals surface area contributed by atoms with E-state index in [1.807, 2.05) is 0 Å². The molecule has 1 aromatic heterocycles. The Morgan fingerprint density at radius 2 is 2.27 bits per heavy atom. The highest BCUT2D eigenvalue weighted by atomic mass is 79.9. The van der Waals surface area contributed by atoms with Gasteiger partial charge in [0, 0.05) is 12.6 Å². The van der Waals surface area contributed by atoms with Gasteiger partial charge in [0.15, 0.2) is 0 Å². The molecule has 1 aromatic rings. The molecule has 1 aliphatic carbocycles. The zero-order valence-electron chi connectivity index (χ0n) is 8.78. The largest absolute Gasteiger partial charge is 0.383 e. The maximum absolute atomic E-state index is 5.75. The summed E-state index contributed by atoms with van der Waals surface area (Å²) in [5, 5.41) is 0. The van der Waals surface area contributed by atoms with Gasteiger partial charge in [-0.3, -0.25) is 0 Å². The van der Waals surface area contributed by atoms with Gasteiger partial charge in [-0.1, -0.05) is 6.92 Å². The molecule has 0 aromatic carbocycles. The zero-order valence-corrected chi connectivity index (χ0v) is 10.4. The topological polar surface area (TPSA) is 55.0 Å². The van der Waals surface area contributed by atoms with Crippen molar-refractivity contribution in [2.45, 2.75) is 32.2 Å². The molecule has 1 aliphatic rings. The highest BCUT2D eigenvalue weighted by Gasteiger charge is 2.30. The Kier molecular flexibility index (Phi) is 3.09. The van der Waals surface area contributed by atoms with Crippen LogP contribution in [0.25, 0.3) is 0 Å². The van der Waals surface area contributed by atoms with Crippen LogP contribution in [0.3, 0.4) is 0 Å². The SMILES string of the molecule is CCCN(c1ncnc(N)c1Br)C1CC1. The lowest BCUT2D eigenvalue weighted by Crippen LogP contribution is -2.28. The molecule has 0 radical (unpaired) electrons. The minimum absolute atomic E-state index is 0.516. The molecular formula is C10H15BrN4. The van der Waals surface area contributed by atoms with Crippen molar-refractivity contribution in [3.05, 3.63) is 10.8 Å². The Bertz CT molecular complexity index is 351. The minimum atomic E-state index is 0.516. The van der Waals surface area contributed by atoms with Gasteiger partial charge in [0.25, 0.3) is 0 Å². The van der Waals surface area contributed by atoms with Crippen molar-refractivity contribution in [2.75, 3.05) is 17.2 Å². The van der Waals surface area contributed by atoms with E-state index >= 15 is 0 Å². The van der Waals surface area contributed by atoms with Gasteiger partial charge >= 0.3 is 0 Å². The fraction of sp³-hybridized carbons (Fsp3) is 0.600. The van der Waals surface area contributed by atoms with Crippen LogP contribution in [0, 0.1) is 0 Å². The maximum Gasteiger partial charge on any atom is 0.148 e. The Labute approximate surface area is 98.0 Å². The predicted octanol–water partition coefficient (Wildman–Crippen LogP) is 2.20. The molecule has 0 amide bonds. The van der Waals surface area contributed by atoms with Crippen molar-refractivity contribution < 1.29 is 0 Å². The van der Waals surface area contributed by atoms with Crippen LogP contribution in [0.4, 0.5) is 11.6 Å². The number of hydrogen-bond acceptors (Lipinski definition) is 4. The molecule has 5 heteroatoms. The molecule has 1 saturated carbocycles. The van der Waals surface area contributed by atoms with E-state index in [9.17, 15) is 0 Å². The number of nitrogens with zero attached hydrogens (tertiary/aromatic N) is 3. The molecule has 15 heavy (non-hydrogen) atoms. The van der Waals surface area contributed by atoms with Gasteiger partial charge in [-0.05, 0) is 35.2 Å². The Hall–Kier alpha value is -0.840. The van der Waals surface area contributed by atoms with Gasteiger partial charge in [0.05, 0.1) is 0 Å². The van der Waals surface area contributed by atoms with Gasteiger partial charge in [-0.25, -0.2) is 9.97 Å². The third-order valence-electron chi connectivity index (χ3n) is 2.52. The van der Waals surface area contributed by atoms with Crippen molar-refractivity contribution in [2.24, 2.45) is 0 Å². The van der Waals surface area contributed by atoms with Crippen LogP contribution in [0.1, 0.15) is 26.2 Å². The lowest BCUT2D eigenvalue weighted by atomic mass is 10.3. The first kappa shape index (κ1) is 10.7. The third-order valence-corrected chi connectivity index (χ3v) is 3.28. The average molecular weight is 271 g/mol. The van der Waals surface area contributed by atoms with Gasteiger partial charge in [0.1, 0.15) is 22.4 Å². The van der Waals surface area contributed by atoms with E-state index in [1.54, 1.807) is 0 Å². The molecule has 0 unspecified atom stereocenters. The van der Waals surface area contributed by atoms with E-state index in [1.165, 1.54) is 19.2 Å². The van der Waals surface area contributed by atoms with Crippen LogP contribution in [0.15, 0.2) is 10.8 Å². The minimum Gasteiger partial charge on any atom is -0.383 e. The van der Waals surface area contributed by atoms with Crippen LogP contribution < -0.4 is 10.6 Å². The van der Waals surface area contributed by atoms with Crippen molar-refractivity contribution in [3.63, 3.8) is 0 Å². The third kappa shape index (κ3) is 2.22. The summed E-state index contributed by atoms with van der Waals surface area (Å²) in [6, 6.07) is 0.649. The average Bonchev–Trinajstić information content (AvgIpc) is 3.03. The van der Waals surface area contributed by atoms with Gasteiger partial charge in [-0.15, -0.1) is 0 Å². The summed E-state index contributed by atoms with van der Waals surface area (Å²) in [7, 11) is 0. The summed E-state index contributed by atoms with van der Waals surface area (Å²) in [4.78, 5) is 10.6. The fourth-order valence-corrected chi connectivity index (χ4v) is 2.09. The number of aromatic nitrogens is 2. The second-order valence-electron chi connectivity index (χ2n) is 3.82. The Morgan fingerprint density at radius 1 is 1.53 bits per heavy atom. The van der Waals surface area contributed by atoms with Gasteiger partial charge in [-0.2, -0.15) is 0 Å². The quantitative estimate of drug-likeness (QED) is 0.912. The normalized spacial score (nSPS) is 15.3. The molecule has 1 heterocycles. The molecule has 0 atom stereocenters. The van der Waals surface area contributed by atoms with E-state index in [0.717, 1.165) is 23.3 Å². The van der Waals surface area contributed by atoms with Crippen molar-refractivity contribution in [3.8, 4) is 0 Å². The summed E-state index contributed by atoms with van der Waals surface area (Å²) in [5.41, 5.74) is 5.75. The van der Waals surface area contributed by atoms with Crippen molar-refractivity contribution in [1.82, 2.24) is 9.97 Å². The maximum atomic E-state index is 5.75. The number of anilines is 2. The monoisotopic (exact) mass is 270 g/mol. The van der Waals surface area contributed by atoms with E-state index in [0.29, 0.717) is 11.9 Å². The molecule has 2 rings (SSSR count). The first-order chi connectivity index (χ1) is 7.24. The first-order valence-electron chi connectivity index (χ1n) is 5.26. The lowest BCUT2D eigenvalue weighted by molar-refractivity contribution is 0.746. The molecule has 2 N–H and O–H groups in total. The first-order valence-corrected chi connectivity index (χ1v) is 6.06. The summed E-state index contributed by atoms with van der Waals surface area (Å²) in [5.74, 6) is 1.45. The van der Waals surface area contributed by atoms with Gasteiger partial charge in [0.2, 0.25) is 0 Å². The Balaban J connectivity index is 2.28. The molecular weight excluding hydrogens is 256 g/mol. The molecule has 4 nitrogen and oxygen atoms in total. The number of halogens is 1. The highest BCUT2D eigenvalue weighted by molar-refractivity contribution is 9.10. The van der Waals surface area contributed by atoms with Gasteiger partial charge < -0.3 is 10.6 Å². The van der Waals surface area contributed by atoms with Crippen molar-refractivity contribution in [1.29, 1.82) is 0 Å². The van der Waals surface area contributed by atoms with Crippen LogP contribution in [0.2, 0.25) is 0 Å². The summed E-state index contributed by atoms with van der Waals surface area (Å²) < 4.78 is 0.824. The highest BCUT2D eigenvalue weighted by Crippen LogP contribution is 2.35. The predicted molar refractivity (Wildman–Crippen MR) is 64.8 cm³/mol. The molecule has 1 fully saturated rings. The van der Waals surface area contributed by atoms with Crippen LogP contribution >= 0.6 is 15.9 Å². The number of nitrogens with two attached hydrogens (primary N) is 1. The number of rotatable bonds is 4. The molecule has 82 valence electrons. The summed E-state index contributed by atoms with van der Waals surface area (Å²) in [6.45, 7) is 3.20. The molecule has 0 bridgehead atoms. The Morgan fingerprint density at radius 3 is 2.87 bits per heavy atom.